The number of methoxy groups -OCH3 is 1. The molecule has 2 aliphatic rings. The van der Waals surface area contributed by atoms with Crippen molar-refractivity contribution in [2.75, 3.05) is 25.6 Å². The van der Waals surface area contributed by atoms with Crippen LogP contribution in [0.25, 0.3) is 16.8 Å². The number of anilines is 1. The SMILES string of the molecule is COc1nccc(C)c1-c1cc2c(n3cnnc13)NCc1c(F)ccc3c1[C@H](CO3)CO2. The number of aryl methyl sites for hydroxylation is 1. The van der Waals surface area contributed by atoms with Crippen LogP contribution >= 0.6 is 0 Å². The lowest BCUT2D eigenvalue weighted by Gasteiger charge is -2.18. The molecular formula is C23H20FN5O3. The van der Waals surface area contributed by atoms with Gasteiger partial charge in [-0.05, 0) is 36.8 Å². The maximum absolute atomic E-state index is 14.8. The molecule has 3 aromatic heterocycles. The number of fused-ring (bicyclic) bond motifs is 3. The second-order valence-electron chi connectivity index (χ2n) is 7.92. The fourth-order valence-electron chi connectivity index (χ4n) is 4.58. The highest BCUT2D eigenvalue weighted by Crippen LogP contribution is 2.43. The largest absolute Gasteiger partial charge is 0.493 e. The number of benzene rings is 1. The van der Waals surface area contributed by atoms with Crippen molar-refractivity contribution in [1.82, 2.24) is 19.6 Å². The van der Waals surface area contributed by atoms with Crippen LogP contribution in [0.1, 0.15) is 22.6 Å². The van der Waals surface area contributed by atoms with E-state index in [0.717, 1.165) is 22.3 Å². The monoisotopic (exact) mass is 433 g/mol. The van der Waals surface area contributed by atoms with Crippen LogP contribution in [0.4, 0.5) is 10.2 Å². The van der Waals surface area contributed by atoms with Gasteiger partial charge in [0.2, 0.25) is 5.88 Å². The number of nitrogens with zero attached hydrogens (tertiary/aromatic N) is 4. The Morgan fingerprint density at radius 3 is 2.88 bits per heavy atom. The molecule has 0 fully saturated rings. The molecule has 9 heteroatoms. The zero-order valence-electron chi connectivity index (χ0n) is 17.6. The summed E-state index contributed by atoms with van der Waals surface area (Å²) in [6.07, 6.45) is 3.32. The standard InChI is InChI=1S/C23H20FN5O3/c1-12-5-6-25-23(30-2)19(12)14-7-18-22(29-11-27-28-21(14)29)26-8-15-16(24)3-4-17-20(15)13(9-31-17)10-32-18/h3-7,11,13,26H,8-10H2,1-2H3/t13-/m1/s1. The highest BCUT2D eigenvalue weighted by Gasteiger charge is 2.32. The molecule has 32 heavy (non-hydrogen) atoms. The van der Waals surface area contributed by atoms with Gasteiger partial charge >= 0.3 is 0 Å². The minimum absolute atomic E-state index is 0.0572. The van der Waals surface area contributed by atoms with Crippen LogP contribution in [0, 0.1) is 12.7 Å². The average Bonchev–Trinajstić information content (AvgIpc) is 3.45. The van der Waals surface area contributed by atoms with Crippen molar-refractivity contribution in [1.29, 1.82) is 0 Å². The van der Waals surface area contributed by atoms with E-state index in [2.05, 4.69) is 20.5 Å². The third-order valence-electron chi connectivity index (χ3n) is 6.11. The number of aromatic nitrogens is 4. The summed E-state index contributed by atoms with van der Waals surface area (Å²) in [5, 5.41) is 11.8. The van der Waals surface area contributed by atoms with E-state index in [-0.39, 0.29) is 18.3 Å². The molecule has 8 nitrogen and oxygen atoms in total. The van der Waals surface area contributed by atoms with Crippen LogP contribution in [-0.4, -0.2) is 39.9 Å². The Hall–Kier alpha value is -3.88. The number of nitrogens with one attached hydrogen (secondary N) is 1. The Morgan fingerprint density at radius 1 is 1.19 bits per heavy atom. The number of hydrogen-bond acceptors (Lipinski definition) is 7. The second kappa shape index (κ2) is 7.08. The molecule has 0 unspecified atom stereocenters. The van der Waals surface area contributed by atoms with E-state index in [1.54, 1.807) is 25.7 Å². The third kappa shape index (κ3) is 2.70. The molecule has 162 valence electrons. The van der Waals surface area contributed by atoms with E-state index >= 15 is 0 Å². The molecule has 0 spiro atoms. The quantitative estimate of drug-likeness (QED) is 0.516. The predicted molar refractivity (Wildman–Crippen MR) is 115 cm³/mol. The Morgan fingerprint density at radius 2 is 2.03 bits per heavy atom. The molecule has 1 aromatic carbocycles. The van der Waals surface area contributed by atoms with E-state index in [9.17, 15) is 4.39 Å². The summed E-state index contributed by atoms with van der Waals surface area (Å²) in [7, 11) is 1.59. The molecule has 0 amide bonds. The summed E-state index contributed by atoms with van der Waals surface area (Å²) >= 11 is 0. The van der Waals surface area contributed by atoms with Gasteiger partial charge in [-0.2, -0.15) is 0 Å². The van der Waals surface area contributed by atoms with Gasteiger partial charge in [0, 0.05) is 29.4 Å². The molecule has 0 saturated heterocycles. The zero-order valence-corrected chi connectivity index (χ0v) is 17.6. The van der Waals surface area contributed by atoms with Crippen molar-refractivity contribution >= 4 is 11.5 Å². The molecule has 0 radical (unpaired) electrons. The van der Waals surface area contributed by atoms with E-state index in [1.165, 1.54) is 6.07 Å². The first kappa shape index (κ1) is 18.9. The smallest absolute Gasteiger partial charge is 0.221 e. The van der Waals surface area contributed by atoms with Crippen LogP contribution in [-0.2, 0) is 6.54 Å². The normalized spacial score (nSPS) is 16.7. The first-order valence-corrected chi connectivity index (χ1v) is 10.3. The van der Waals surface area contributed by atoms with Gasteiger partial charge < -0.3 is 19.5 Å². The summed E-state index contributed by atoms with van der Waals surface area (Å²) in [6.45, 7) is 3.09. The minimum atomic E-state index is -0.262. The molecule has 6 rings (SSSR count). The summed E-state index contributed by atoms with van der Waals surface area (Å²) in [5.74, 6) is 2.16. The summed E-state index contributed by atoms with van der Waals surface area (Å²) in [5.41, 5.74) is 4.68. The lowest BCUT2D eigenvalue weighted by molar-refractivity contribution is 0.249. The van der Waals surface area contributed by atoms with Gasteiger partial charge in [0.25, 0.3) is 0 Å². The van der Waals surface area contributed by atoms with Crippen LogP contribution < -0.4 is 19.5 Å². The lowest BCUT2D eigenvalue weighted by Crippen LogP contribution is -2.13. The highest BCUT2D eigenvalue weighted by atomic mass is 19.1. The number of pyridine rings is 2. The molecule has 0 bridgehead atoms. The molecular weight excluding hydrogens is 413 g/mol. The van der Waals surface area contributed by atoms with Crippen molar-refractivity contribution < 1.29 is 18.6 Å². The van der Waals surface area contributed by atoms with E-state index in [0.29, 0.717) is 47.6 Å². The number of halogens is 1. The van der Waals surface area contributed by atoms with E-state index in [4.69, 9.17) is 14.2 Å². The number of ether oxygens (including phenoxy) is 3. The molecule has 4 aromatic rings. The molecule has 0 saturated carbocycles. The zero-order chi connectivity index (χ0) is 21.8. The van der Waals surface area contributed by atoms with Crippen molar-refractivity contribution in [3.05, 3.63) is 59.3 Å². The summed E-state index contributed by atoms with van der Waals surface area (Å²) in [6, 6.07) is 6.98. The highest BCUT2D eigenvalue weighted by molar-refractivity contribution is 5.86. The van der Waals surface area contributed by atoms with Gasteiger partial charge in [0.05, 0.1) is 31.8 Å². The van der Waals surface area contributed by atoms with Crippen LogP contribution in [0.15, 0.2) is 36.8 Å². The van der Waals surface area contributed by atoms with Gasteiger partial charge in [0.15, 0.2) is 17.2 Å². The van der Waals surface area contributed by atoms with Crippen LogP contribution in [0.2, 0.25) is 0 Å². The predicted octanol–water partition coefficient (Wildman–Crippen LogP) is 3.73. The number of rotatable bonds is 2. The van der Waals surface area contributed by atoms with Gasteiger partial charge in [0.1, 0.15) is 17.9 Å². The maximum atomic E-state index is 14.8. The van der Waals surface area contributed by atoms with Crippen LogP contribution in [0.5, 0.6) is 17.4 Å². The first-order chi connectivity index (χ1) is 15.7. The van der Waals surface area contributed by atoms with Crippen molar-refractivity contribution in [3.8, 4) is 28.5 Å². The summed E-state index contributed by atoms with van der Waals surface area (Å²) in [4.78, 5) is 4.36. The van der Waals surface area contributed by atoms with Crippen LogP contribution in [0.3, 0.4) is 0 Å². The molecule has 0 aliphatic carbocycles. The maximum Gasteiger partial charge on any atom is 0.221 e. The Labute approximate surface area is 183 Å². The fourth-order valence-corrected chi connectivity index (χ4v) is 4.58. The first-order valence-electron chi connectivity index (χ1n) is 10.3. The van der Waals surface area contributed by atoms with E-state index < -0.39 is 0 Å². The van der Waals surface area contributed by atoms with Crippen molar-refractivity contribution in [3.63, 3.8) is 0 Å². The molecule has 1 atom stereocenters. The van der Waals surface area contributed by atoms with Gasteiger partial charge in [-0.25, -0.2) is 9.37 Å². The van der Waals surface area contributed by atoms with Crippen molar-refractivity contribution in [2.45, 2.75) is 19.4 Å². The fraction of sp³-hybridized carbons (Fsp3) is 0.261. The number of hydrogen-bond donors (Lipinski definition) is 1. The Balaban J connectivity index is 1.55. The molecule has 5 heterocycles. The van der Waals surface area contributed by atoms with Gasteiger partial charge in [-0.15, -0.1) is 10.2 Å². The molecule has 1 N–H and O–H groups in total. The lowest BCUT2D eigenvalue weighted by atomic mass is 9.96. The Kier molecular flexibility index (Phi) is 4.17. The minimum Gasteiger partial charge on any atom is -0.493 e. The summed E-state index contributed by atoms with van der Waals surface area (Å²) < 4.78 is 34.2. The second-order valence-corrected chi connectivity index (χ2v) is 7.92. The average molecular weight is 433 g/mol. The van der Waals surface area contributed by atoms with Gasteiger partial charge in [-0.1, -0.05) is 0 Å². The Bertz CT molecular complexity index is 1370. The van der Waals surface area contributed by atoms with Gasteiger partial charge in [-0.3, -0.25) is 4.40 Å². The van der Waals surface area contributed by atoms with E-state index in [1.807, 2.05) is 23.5 Å². The third-order valence-corrected chi connectivity index (χ3v) is 6.11. The molecule has 2 aliphatic heterocycles. The van der Waals surface area contributed by atoms with Crippen molar-refractivity contribution in [2.24, 2.45) is 0 Å². The topological polar surface area (TPSA) is 82.8 Å².